The van der Waals surface area contributed by atoms with Crippen LogP contribution < -0.4 is 10.2 Å². The van der Waals surface area contributed by atoms with Gasteiger partial charge in [-0.2, -0.15) is 5.10 Å². The van der Waals surface area contributed by atoms with E-state index in [0.717, 1.165) is 31.7 Å². The van der Waals surface area contributed by atoms with Crippen molar-refractivity contribution < 1.29 is 9.32 Å². The molecule has 3 aromatic heterocycles. The van der Waals surface area contributed by atoms with Crippen molar-refractivity contribution in [2.24, 2.45) is 5.92 Å². The lowest BCUT2D eigenvalue weighted by Crippen LogP contribution is -2.38. The Morgan fingerprint density at radius 3 is 2.60 bits per heavy atom. The lowest BCUT2D eigenvalue weighted by Gasteiger charge is -2.31. The molecule has 128 valence electrons. The largest absolute Gasteiger partial charge is 0.363 e. The third kappa shape index (κ3) is 3.32. The number of nitrogens with zero attached hydrogens (tertiary/aromatic N) is 7. The third-order valence-corrected chi connectivity index (χ3v) is 4.17. The summed E-state index contributed by atoms with van der Waals surface area (Å²) in [6.45, 7) is 1.49. The van der Waals surface area contributed by atoms with Gasteiger partial charge in [0, 0.05) is 25.1 Å². The molecule has 0 spiro atoms. The van der Waals surface area contributed by atoms with Gasteiger partial charge in [0.25, 0.3) is 0 Å². The van der Waals surface area contributed by atoms with Gasteiger partial charge in [0.05, 0.1) is 0 Å². The van der Waals surface area contributed by atoms with Crippen molar-refractivity contribution >= 4 is 17.5 Å². The number of carbonyl (C=O) groups excluding carboxylic acids is 1. The second kappa shape index (κ2) is 6.67. The van der Waals surface area contributed by atoms with E-state index in [4.69, 9.17) is 4.52 Å². The molecule has 4 rings (SSSR count). The van der Waals surface area contributed by atoms with Gasteiger partial charge in [-0.1, -0.05) is 5.16 Å². The van der Waals surface area contributed by atoms with Crippen LogP contribution in [0.5, 0.6) is 0 Å². The van der Waals surface area contributed by atoms with Gasteiger partial charge in [0.2, 0.25) is 5.91 Å². The van der Waals surface area contributed by atoms with E-state index in [2.05, 4.69) is 35.7 Å². The molecule has 0 atom stereocenters. The number of piperidine rings is 1. The highest BCUT2D eigenvalue weighted by molar-refractivity contribution is 5.91. The first-order chi connectivity index (χ1) is 12.3. The van der Waals surface area contributed by atoms with E-state index < -0.39 is 0 Å². The molecule has 1 aliphatic heterocycles. The zero-order valence-corrected chi connectivity index (χ0v) is 13.3. The predicted molar refractivity (Wildman–Crippen MR) is 87.0 cm³/mol. The van der Waals surface area contributed by atoms with Crippen LogP contribution in [0.25, 0.3) is 5.82 Å². The van der Waals surface area contributed by atoms with Gasteiger partial charge >= 0.3 is 0 Å². The summed E-state index contributed by atoms with van der Waals surface area (Å²) in [4.78, 5) is 18.2. The van der Waals surface area contributed by atoms with Crippen LogP contribution in [0, 0.1) is 5.92 Å². The molecule has 10 heteroatoms. The van der Waals surface area contributed by atoms with Crippen LogP contribution in [0.4, 0.5) is 11.6 Å². The Hall–Kier alpha value is -3.30. The first-order valence-corrected chi connectivity index (χ1v) is 7.94. The maximum absolute atomic E-state index is 12.2. The molecule has 0 radical (unpaired) electrons. The predicted octanol–water partition coefficient (Wildman–Crippen LogP) is 0.900. The minimum Gasteiger partial charge on any atom is -0.363 e. The first kappa shape index (κ1) is 15.2. The fourth-order valence-electron chi connectivity index (χ4n) is 2.81. The van der Waals surface area contributed by atoms with E-state index >= 15 is 0 Å². The number of amides is 1. The van der Waals surface area contributed by atoms with Gasteiger partial charge in [-0.25, -0.2) is 9.67 Å². The zero-order valence-electron chi connectivity index (χ0n) is 13.3. The molecular weight excluding hydrogens is 324 g/mol. The Morgan fingerprint density at radius 1 is 1.16 bits per heavy atom. The number of anilines is 2. The van der Waals surface area contributed by atoms with Crippen LogP contribution in [0.2, 0.25) is 0 Å². The average molecular weight is 340 g/mol. The first-order valence-electron chi connectivity index (χ1n) is 7.94. The van der Waals surface area contributed by atoms with Gasteiger partial charge in [-0.05, 0) is 25.0 Å². The molecule has 3 aromatic rings. The zero-order chi connectivity index (χ0) is 17.1. The van der Waals surface area contributed by atoms with Crippen molar-refractivity contribution in [3.63, 3.8) is 0 Å². The Labute approximate surface area is 142 Å². The number of hydrogen-bond acceptors (Lipinski definition) is 8. The molecule has 1 fully saturated rings. The van der Waals surface area contributed by atoms with E-state index in [1.165, 1.54) is 12.6 Å². The summed E-state index contributed by atoms with van der Waals surface area (Å²) < 4.78 is 6.27. The van der Waals surface area contributed by atoms with E-state index in [-0.39, 0.29) is 11.8 Å². The molecule has 0 bridgehead atoms. The number of nitrogens with one attached hydrogen (secondary N) is 1. The fraction of sp³-hybridized carbons (Fsp3) is 0.333. The Kier molecular flexibility index (Phi) is 4.07. The summed E-state index contributed by atoms with van der Waals surface area (Å²) in [7, 11) is 0. The molecule has 0 unspecified atom stereocenters. The van der Waals surface area contributed by atoms with E-state index in [1.54, 1.807) is 17.1 Å². The standard InChI is InChI=1S/C15H16N8O2/c24-15(18-12-5-8-25-21-12)11-3-6-22(7-4-11)13-1-2-14(20-19-13)23-10-16-9-17-23/h1-2,5,8-11H,3-4,6-7H2,(H,18,21,24). The summed E-state index contributed by atoms with van der Waals surface area (Å²) in [5.74, 6) is 1.78. The number of aromatic nitrogens is 6. The minimum absolute atomic E-state index is 0.0267. The van der Waals surface area contributed by atoms with Gasteiger partial charge in [0.1, 0.15) is 18.9 Å². The van der Waals surface area contributed by atoms with Crippen molar-refractivity contribution in [2.45, 2.75) is 12.8 Å². The third-order valence-electron chi connectivity index (χ3n) is 4.17. The molecule has 1 saturated heterocycles. The van der Waals surface area contributed by atoms with Crippen molar-refractivity contribution in [3.8, 4) is 5.82 Å². The number of hydrogen-bond donors (Lipinski definition) is 1. The fourth-order valence-corrected chi connectivity index (χ4v) is 2.81. The van der Waals surface area contributed by atoms with Crippen LogP contribution in [0.1, 0.15) is 12.8 Å². The summed E-state index contributed by atoms with van der Waals surface area (Å²) >= 11 is 0. The summed E-state index contributed by atoms with van der Waals surface area (Å²) in [6, 6.07) is 5.37. The highest BCUT2D eigenvalue weighted by Crippen LogP contribution is 2.22. The molecule has 25 heavy (non-hydrogen) atoms. The molecule has 1 amide bonds. The quantitative estimate of drug-likeness (QED) is 0.745. The van der Waals surface area contributed by atoms with Crippen molar-refractivity contribution in [2.75, 3.05) is 23.3 Å². The smallest absolute Gasteiger partial charge is 0.228 e. The van der Waals surface area contributed by atoms with Gasteiger partial charge < -0.3 is 14.7 Å². The molecule has 0 aliphatic carbocycles. The molecule has 1 N–H and O–H groups in total. The number of rotatable bonds is 4. The van der Waals surface area contributed by atoms with Gasteiger partial charge in [0.15, 0.2) is 17.5 Å². The maximum atomic E-state index is 12.2. The molecule has 0 saturated carbocycles. The summed E-state index contributed by atoms with van der Waals surface area (Å²) in [5, 5.41) is 18.9. The second-order valence-electron chi connectivity index (χ2n) is 5.73. The lowest BCUT2D eigenvalue weighted by molar-refractivity contribution is -0.120. The molecule has 10 nitrogen and oxygen atoms in total. The van der Waals surface area contributed by atoms with E-state index in [1.807, 2.05) is 12.1 Å². The Balaban J connectivity index is 1.34. The van der Waals surface area contributed by atoms with E-state index in [9.17, 15) is 4.79 Å². The molecular formula is C15H16N8O2. The molecule has 0 aromatic carbocycles. The van der Waals surface area contributed by atoms with Crippen molar-refractivity contribution in [1.82, 2.24) is 30.1 Å². The van der Waals surface area contributed by atoms with Crippen LogP contribution in [-0.2, 0) is 4.79 Å². The average Bonchev–Trinajstić information content (AvgIpc) is 3.36. The highest BCUT2D eigenvalue weighted by Gasteiger charge is 2.26. The molecule has 1 aliphatic rings. The second-order valence-corrected chi connectivity index (χ2v) is 5.73. The minimum atomic E-state index is -0.0460. The normalized spacial score (nSPS) is 15.3. The SMILES string of the molecule is O=C(Nc1ccon1)C1CCN(c2ccc(-n3cncn3)nn2)CC1. The topological polar surface area (TPSA) is 115 Å². The molecule has 4 heterocycles. The number of carbonyl (C=O) groups is 1. The monoisotopic (exact) mass is 340 g/mol. The van der Waals surface area contributed by atoms with E-state index in [0.29, 0.717) is 11.6 Å². The van der Waals surface area contributed by atoms with Crippen LogP contribution >= 0.6 is 0 Å². The summed E-state index contributed by atoms with van der Waals surface area (Å²) in [6.07, 6.45) is 5.94. The maximum Gasteiger partial charge on any atom is 0.228 e. The van der Waals surface area contributed by atoms with Crippen LogP contribution in [-0.4, -0.2) is 49.1 Å². The lowest BCUT2D eigenvalue weighted by atomic mass is 9.96. The summed E-state index contributed by atoms with van der Waals surface area (Å²) in [5.41, 5.74) is 0. The Morgan fingerprint density at radius 2 is 1.96 bits per heavy atom. The van der Waals surface area contributed by atoms with Gasteiger partial charge in [-0.15, -0.1) is 10.2 Å². The van der Waals surface area contributed by atoms with Crippen molar-refractivity contribution in [1.29, 1.82) is 0 Å². The van der Waals surface area contributed by atoms with Crippen molar-refractivity contribution in [3.05, 3.63) is 37.1 Å². The van der Waals surface area contributed by atoms with Crippen LogP contribution in [0.15, 0.2) is 41.6 Å². The highest BCUT2D eigenvalue weighted by atomic mass is 16.5. The van der Waals surface area contributed by atoms with Crippen LogP contribution in [0.3, 0.4) is 0 Å². The Bertz CT molecular complexity index is 808. The van der Waals surface area contributed by atoms with Gasteiger partial charge in [-0.3, -0.25) is 4.79 Å².